The van der Waals surface area contributed by atoms with E-state index in [0.29, 0.717) is 16.3 Å². The van der Waals surface area contributed by atoms with E-state index in [0.717, 1.165) is 94.0 Å². The first-order chi connectivity index (χ1) is 71.1. The Morgan fingerprint density at radius 1 is 0.187 bits per heavy atom. The number of fused-ring (bicyclic) bond motifs is 10. The van der Waals surface area contributed by atoms with Gasteiger partial charge < -0.3 is 50.5 Å². The molecule has 0 saturated carbocycles. The molecule has 0 saturated heterocycles. The largest absolute Gasteiger partial charge is 0.477 e. The molecule has 0 spiro atoms. The number of hydrogen-bond acceptors (Lipinski definition) is 15. The molecule has 25 aromatic rings. The van der Waals surface area contributed by atoms with Crippen molar-refractivity contribution in [3.8, 4) is 56.3 Å². The van der Waals surface area contributed by atoms with E-state index in [1.54, 1.807) is 73.1 Å². The molecule has 0 bridgehead atoms. The van der Waals surface area contributed by atoms with E-state index in [2.05, 4.69) is 153 Å². The minimum Gasteiger partial charge on any atom is -0.477 e. The molecule has 10 aromatic heterocycles. The monoisotopic (exact) mass is 2850 g/mol. The predicted molar refractivity (Wildman–Crippen MR) is 574 cm³/mol. The summed E-state index contributed by atoms with van der Waals surface area (Å²) in [5.41, 5.74) is 11.3. The van der Waals surface area contributed by atoms with Gasteiger partial charge in [0.1, 0.15) is 17.1 Å². The number of carboxylic acid groups (broad SMARTS) is 5. The van der Waals surface area contributed by atoms with Crippen molar-refractivity contribution in [1.29, 1.82) is 0 Å². The molecule has 25 heteroatoms. The van der Waals surface area contributed by atoms with Crippen molar-refractivity contribution in [2.75, 3.05) is 0 Å². The molecular weight excluding hydrogens is 2760 g/mol. The summed E-state index contributed by atoms with van der Waals surface area (Å²) in [6.45, 7) is 0. The molecule has 5 radical (unpaired) electrons. The standard InChI is InChI=1S/5C15H10N.5C10H7NO2.5Ir/c3*1-2-7-13(8-3-1)15-14-9-5-4-6-12(14)10-11-16-15;2*1-2-6-12(7-3-1)15-10-13-8-4-5-9-14(13)11-16-15;2*12-10(13)9-5-7-3-1-2-4-8(7)6-11-9;2*12-10(13)9-8-4-2-1-3-7(8)5-6-11-9;12-10(13)9-6-5-7-3-1-2-4-8(7)11-9;;;;;/h3*1-7,9-11H;2*1-6,8-11H;5*1-6H,(H,12,13);;;;;/q5*-1;;;;;;;;;;. The number of rotatable bonds is 10. The van der Waals surface area contributed by atoms with Gasteiger partial charge in [0.2, 0.25) is 0 Å². The predicted octanol–water partition coefficient (Wildman–Crippen LogP) is 28.2. The molecule has 0 aliphatic carbocycles. The number of carboxylic acids is 5. The third-order valence-electron chi connectivity index (χ3n) is 22.4. The third kappa shape index (κ3) is 30.8. The van der Waals surface area contributed by atoms with Crippen LogP contribution in [0.15, 0.2) is 486 Å². The molecule has 0 amide bonds. The second-order valence-electron chi connectivity index (χ2n) is 31.9. The van der Waals surface area contributed by atoms with Crippen LogP contribution in [0.5, 0.6) is 0 Å². The van der Waals surface area contributed by atoms with Crippen molar-refractivity contribution < 1.29 is 150 Å². The molecule has 0 unspecified atom stereocenters. The van der Waals surface area contributed by atoms with Crippen LogP contribution in [0.25, 0.3) is 164 Å². The zero-order valence-electron chi connectivity index (χ0n) is 79.1. The Labute approximate surface area is 930 Å². The van der Waals surface area contributed by atoms with Gasteiger partial charge in [0, 0.05) is 183 Å². The number of para-hydroxylation sites is 1. The van der Waals surface area contributed by atoms with E-state index in [4.69, 9.17) is 25.5 Å². The van der Waals surface area contributed by atoms with Crippen LogP contribution in [-0.2, 0) is 101 Å². The average Bonchev–Trinajstić information content (AvgIpc) is 0.792. The number of nitrogens with zero attached hydrogens (tertiary/aromatic N) is 10. The zero-order chi connectivity index (χ0) is 100. The Morgan fingerprint density at radius 2 is 0.427 bits per heavy atom. The fraction of sp³-hybridized carbons (Fsp3) is 0. The molecule has 0 aliphatic rings. The smallest absolute Gasteiger partial charge is 0.355 e. The maximum absolute atomic E-state index is 10.8. The molecule has 15 aromatic carbocycles. The summed E-state index contributed by atoms with van der Waals surface area (Å²) >= 11 is 0. The topological polar surface area (TPSA) is 315 Å². The maximum Gasteiger partial charge on any atom is 0.355 e. The summed E-state index contributed by atoms with van der Waals surface area (Å²) in [5.74, 6) is -4.96. The third-order valence-corrected chi connectivity index (χ3v) is 22.4. The first-order valence-corrected chi connectivity index (χ1v) is 45.6. The molecule has 745 valence electrons. The van der Waals surface area contributed by atoms with Crippen molar-refractivity contribution in [3.05, 3.63) is 545 Å². The summed E-state index contributed by atoms with van der Waals surface area (Å²) in [6, 6.07) is 154. The second kappa shape index (κ2) is 57.8. The minimum absolute atomic E-state index is 0. The molecule has 5 N–H and O–H groups in total. The Morgan fingerprint density at radius 3 is 0.720 bits per heavy atom. The van der Waals surface area contributed by atoms with Crippen LogP contribution in [0, 0.1) is 30.3 Å². The van der Waals surface area contributed by atoms with Crippen LogP contribution in [0.4, 0.5) is 0 Å². The van der Waals surface area contributed by atoms with E-state index >= 15 is 0 Å². The molecule has 0 fully saturated rings. The van der Waals surface area contributed by atoms with E-state index < -0.39 is 29.8 Å². The SMILES string of the molecule is O=C(O)c1cc2ccccc2cn1.O=C(O)c1cc2ccccc2cn1.O=C(O)c1ccc2ccccc2n1.O=C(O)c1nccc2ccccc12.O=C(O)c1nccc2ccccc12.[Ir].[Ir].[Ir].[Ir].[Ir].[c-]1ccccc1-c1cc2ccccc2cn1.[c-]1ccccc1-c1cc2ccccc2cn1.[c-]1ccccc1-c1nccc2ccccc12.[c-]1ccccc1-c1nccc2ccccc12.[c-]1ccccc1-c1nccc2ccccc12. The van der Waals surface area contributed by atoms with Gasteiger partial charge in [-0.1, -0.05) is 255 Å². The van der Waals surface area contributed by atoms with Gasteiger partial charge in [-0.05, 0) is 158 Å². The van der Waals surface area contributed by atoms with E-state index in [-0.39, 0.29) is 129 Å². The fourth-order valence-electron chi connectivity index (χ4n) is 15.4. The van der Waals surface area contributed by atoms with Gasteiger partial charge >= 0.3 is 29.8 Å². The number of aromatic carboxylic acids is 5. The zero-order valence-corrected chi connectivity index (χ0v) is 91.1. The van der Waals surface area contributed by atoms with Crippen LogP contribution in [0.1, 0.15) is 52.4 Å². The molecule has 0 atom stereocenters. The van der Waals surface area contributed by atoms with E-state index in [9.17, 15) is 24.0 Å². The Hall–Kier alpha value is -17.0. The van der Waals surface area contributed by atoms with E-state index in [1.807, 2.05) is 322 Å². The van der Waals surface area contributed by atoms with Crippen LogP contribution in [0.2, 0.25) is 0 Å². The van der Waals surface area contributed by atoms with Gasteiger partial charge in [-0.3, -0.25) is 0 Å². The molecular formula is C125H85Ir5N10O10-5. The summed E-state index contributed by atoms with van der Waals surface area (Å²) in [6.07, 6.45) is 15.5. The number of carbonyl (C=O) groups is 5. The van der Waals surface area contributed by atoms with Crippen molar-refractivity contribution in [2.24, 2.45) is 0 Å². The minimum atomic E-state index is -0.995. The van der Waals surface area contributed by atoms with Gasteiger partial charge in [-0.15, -0.1) is 179 Å². The Bertz CT molecular complexity index is 8070. The summed E-state index contributed by atoms with van der Waals surface area (Å²) in [7, 11) is 0. The first-order valence-electron chi connectivity index (χ1n) is 45.6. The van der Waals surface area contributed by atoms with Crippen molar-refractivity contribution in [3.63, 3.8) is 0 Å². The maximum atomic E-state index is 10.8. The molecule has 20 nitrogen and oxygen atoms in total. The van der Waals surface area contributed by atoms with Crippen molar-refractivity contribution in [2.45, 2.75) is 0 Å². The Balaban J connectivity index is 0.000000158. The fourth-order valence-corrected chi connectivity index (χ4v) is 15.4. The quantitative estimate of drug-likeness (QED) is 0.0794. The summed E-state index contributed by atoms with van der Waals surface area (Å²) in [5, 5.41) is 63.4. The van der Waals surface area contributed by atoms with Crippen LogP contribution >= 0.6 is 0 Å². The van der Waals surface area contributed by atoms with E-state index in [1.165, 1.54) is 72.3 Å². The summed E-state index contributed by atoms with van der Waals surface area (Å²) in [4.78, 5) is 94.7. The van der Waals surface area contributed by atoms with Crippen LogP contribution in [0.3, 0.4) is 0 Å². The summed E-state index contributed by atoms with van der Waals surface area (Å²) < 4.78 is 0. The van der Waals surface area contributed by atoms with Crippen LogP contribution < -0.4 is 0 Å². The number of aromatic nitrogens is 10. The molecule has 10 heterocycles. The second-order valence-corrected chi connectivity index (χ2v) is 31.9. The molecule has 25 rings (SSSR count). The first kappa shape index (κ1) is 113. The number of pyridine rings is 10. The number of hydrogen-bond donors (Lipinski definition) is 5. The van der Waals surface area contributed by atoms with Crippen molar-refractivity contribution in [1.82, 2.24) is 49.8 Å². The number of benzene rings is 15. The van der Waals surface area contributed by atoms with Crippen molar-refractivity contribution >= 4 is 138 Å². The van der Waals surface area contributed by atoms with Gasteiger partial charge in [-0.25, -0.2) is 48.9 Å². The van der Waals surface area contributed by atoms with Gasteiger partial charge in [0.05, 0.1) is 5.52 Å². The van der Waals surface area contributed by atoms with Crippen LogP contribution in [-0.4, -0.2) is 105 Å². The van der Waals surface area contributed by atoms with Gasteiger partial charge in [0.25, 0.3) is 0 Å². The molecule has 0 aliphatic heterocycles. The average molecular weight is 2850 g/mol. The molecule has 150 heavy (non-hydrogen) atoms. The van der Waals surface area contributed by atoms with Gasteiger partial charge in [-0.2, -0.15) is 0 Å². The van der Waals surface area contributed by atoms with Gasteiger partial charge in [0.15, 0.2) is 11.4 Å². The normalized spacial score (nSPS) is 10.0. The Kier molecular flexibility index (Phi) is 43.7.